The molecule has 0 radical (unpaired) electrons. The Morgan fingerprint density at radius 2 is 1.76 bits per heavy atom. The number of carboxylic acids is 1. The van der Waals surface area contributed by atoms with Crippen molar-refractivity contribution in [2.75, 3.05) is 5.32 Å². The molecule has 1 fully saturated rings. The van der Waals surface area contributed by atoms with Crippen LogP contribution in [-0.4, -0.2) is 17.1 Å². The number of benzene rings is 1. The molecule has 1 aliphatic rings. The summed E-state index contributed by atoms with van der Waals surface area (Å²) in [6, 6.07) is 3.42. The first-order valence-corrected chi connectivity index (χ1v) is 7.09. The first-order valence-electron chi connectivity index (χ1n) is 7.09. The number of carboxylic acid groups (broad SMARTS) is 1. The number of aromatic carboxylic acids is 1. The lowest BCUT2D eigenvalue weighted by Crippen LogP contribution is -2.19. The molecule has 1 saturated carbocycles. The molecule has 1 aromatic carbocycles. The van der Waals surface area contributed by atoms with E-state index in [0.717, 1.165) is 37.8 Å². The van der Waals surface area contributed by atoms with Gasteiger partial charge >= 0.3 is 12.1 Å². The normalized spacial score (nSPS) is 17.3. The fourth-order valence-corrected chi connectivity index (χ4v) is 2.72. The average Bonchev–Trinajstić information content (AvgIpc) is 2.66. The Balaban J connectivity index is 2.21. The van der Waals surface area contributed by atoms with E-state index in [9.17, 15) is 18.0 Å². The quantitative estimate of drug-likeness (QED) is 0.806. The molecule has 2 N–H and O–H groups in total. The van der Waals surface area contributed by atoms with Gasteiger partial charge in [0.05, 0.1) is 11.1 Å². The zero-order chi connectivity index (χ0) is 15.5. The highest BCUT2D eigenvalue weighted by Gasteiger charge is 2.35. The second kappa shape index (κ2) is 6.37. The maximum absolute atomic E-state index is 12.8. The number of nitrogens with one attached hydrogen (secondary N) is 1. The fraction of sp³-hybridized carbons (Fsp3) is 0.533. The van der Waals surface area contributed by atoms with Gasteiger partial charge in [-0.05, 0) is 31.0 Å². The van der Waals surface area contributed by atoms with E-state index in [1.54, 1.807) is 0 Å². The van der Waals surface area contributed by atoms with Crippen molar-refractivity contribution in [3.8, 4) is 0 Å². The number of carbonyl (C=O) groups is 1. The number of rotatable bonds is 3. The summed E-state index contributed by atoms with van der Waals surface area (Å²) in [6.07, 6.45) is 1.78. The molecule has 1 aromatic rings. The Morgan fingerprint density at radius 3 is 2.29 bits per heavy atom. The van der Waals surface area contributed by atoms with Crippen LogP contribution in [0.3, 0.4) is 0 Å². The van der Waals surface area contributed by atoms with Gasteiger partial charge in [-0.3, -0.25) is 0 Å². The molecule has 0 saturated heterocycles. The van der Waals surface area contributed by atoms with Crippen molar-refractivity contribution in [3.05, 3.63) is 29.3 Å². The van der Waals surface area contributed by atoms with Gasteiger partial charge in [-0.15, -0.1) is 0 Å². The molecule has 2 rings (SSSR count). The fourth-order valence-electron chi connectivity index (χ4n) is 2.72. The zero-order valence-corrected chi connectivity index (χ0v) is 11.5. The molecule has 6 heteroatoms. The van der Waals surface area contributed by atoms with Crippen LogP contribution in [-0.2, 0) is 6.18 Å². The Kier molecular flexibility index (Phi) is 4.75. The summed E-state index contributed by atoms with van der Waals surface area (Å²) in [5.41, 5.74) is -1.38. The van der Waals surface area contributed by atoms with Crippen LogP contribution in [0.1, 0.15) is 54.4 Å². The van der Waals surface area contributed by atoms with Crippen LogP contribution in [0.2, 0.25) is 0 Å². The van der Waals surface area contributed by atoms with Gasteiger partial charge in [0.2, 0.25) is 0 Å². The molecule has 0 heterocycles. The minimum Gasteiger partial charge on any atom is -0.478 e. The van der Waals surface area contributed by atoms with Gasteiger partial charge in [0.25, 0.3) is 0 Å². The predicted octanol–water partition coefficient (Wildman–Crippen LogP) is 4.54. The number of alkyl halides is 3. The van der Waals surface area contributed by atoms with Crippen molar-refractivity contribution >= 4 is 11.7 Å². The molecule has 0 unspecified atom stereocenters. The molecule has 0 atom stereocenters. The molecule has 3 nitrogen and oxygen atoms in total. The summed E-state index contributed by atoms with van der Waals surface area (Å²) in [4.78, 5) is 11.0. The lowest BCUT2D eigenvalue weighted by molar-refractivity contribution is -0.138. The first-order chi connectivity index (χ1) is 9.88. The van der Waals surface area contributed by atoms with E-state index < -0.39 is 23.3 Å². The van der Waals surface area contributed by atoms with Crippen molar-refractivity contribution in [1.29, 1.82) is 0 Å². The van der Waals surface area contributed by atoms with Gasteiger partial charge < -0.3 is 10.4 Å². The van der Waals surface area contributed by atoms with Crippen LogP contribution in [0.15, 0.2) is 18.2 Å². The van der Waals surface area contributed by atoms with Crippen LogP contribution < -0.4 is 5.32 Å². The monoisotopic (exact) mass is 301 g/mol. The molecule has 0 amide bonds. The minimum atomic E-state index is -4.66. The smallest absolute Gasteiger partial charge is 0.417 e. The first kappa shape index (κ1) is 15.7. The second-order valence-corrected chi connectivity index (χ2v) is 5.40. The largest absolute Gasteiger partial charge is 0.478 e. The lowest BCUT2D eigenvalue weighted by Gasteiger charge is -2.19. The molecule has 0 aliphatic heterocycles. The lowest BCUT2D eigenvalue weighted by atomic mass is 10.0. The van der Waals surface area contributed by atoms with E-state index in [0.29, 0.717) is 5.69 Å². The SMILES string of the molecule is O=C(O)c1cc(NC2CCCCCC2)ccc1C(F)(F)F. The molecule has 21 heavy (non-hydrogen) atoms. The Labute approximate surface area is 121 Å². The van der Waals surface area contributed by atoms with Gasteiger partial charge in [0.15, 0.2) is 0 Å². The molecule has 116 valence electrons. The highest BCUT2D eigenvalue weighted by molar-refractivity contribution is 5.91. The molecule has 1 aliphatic carbocycles. The third-order valence-electron chi connectivity index (χ3n) is 3.78. The predicted molar refractivity (Wildman–Crippen MR) is 73.5 cm³/mol. The molecule has 0 aromatic heterocycles. The topological polar surface area (TPSA) is 49.3 Å². The summed E-state index contributed by atoms with van der Waals surface area (Å²) in [5.74, 6) is -1.56. The summed E-state index contributed by atoms with van der Waals surface area (Å²) in [5, 5.41) is 12.1. The van der Waals surface area contributed by atoms with Crippen LogP contribution >= 0.6 is 0 Å². The Bertz CT molecular complexity index is 506. The molecular formula is C15H18F3NO2. The van der Waals surface area contributed by atoms with Crippen molar-refractivity contribution in [3.63, 3.8) is 0 Å². The molecule has 0 spiro atoms. The summed E-state index contributed by atoms with van der Waals surface area (Å²) < 4.78 is 38.3. The second-order valence-electron chi connectivity index (χ2n) is 5.40. The Hall–Kier alpha value is -1.72. The van der Waals surface area contributed by atoms with Crippen LogP contribution in [0, 0.1) is 0 Å². The van der Waals surface area contributed by atoms with Gasteiger partial charge in [0, 0.05) is 11.7 Å². The van der Waals surface area contributed by atoms with Gasteiger partial charge in [-0.25, -0.2) is 4.79 Å². The number of halogens is 3. The van der Waals surface area contributed by atoms with E-state index >= 15 is 0 Å². The summed E-state index contributed by atoms with van der Waals surface area (Å²) >= 11 is 0. The highest BCUT2D eigenvalue weighted by atomic mass is 19.4. The van der Waals surface area contributed by atoms with Crippen molar-refractivity contribution in [2.24, 2.45) is 0 Å². The third-order valence-corrected chi connectivity index (χ3v) is 3.78. The highest BCUT2D eigenvalue weighted by Crippen LogP contribution is 2.34. The van der Waals surface area contributed by atoms with Crippen LogP contribution in [0.4, 0.5) is 18.9 Å². The van der Waals surface area contributed by atoms with Crippen LogP contribution in [0.5, 0.6) is 0 Å². The van der Waals surface area contributed by atoms with E-state index in [2.05, 4.69) is 5.32 Å². The third kappa shape index (κ3) is 4.12. The van der Waals surface area contributed by atoms with E-state index in [1.807, 2.05) is 0 Å². The maximum Gasteiger partial charge on any atom is 0.417 e. The molecular weight excluding hydrogens is 283 g/mol. The van der Waals surface area contributed by atoms with Crippen molar-refractivity contribution < 1.29 is 23.1 Å². The van der Waals surface area contributed by atoms with Crippen molar-refractivity contribution in [1.82, 2.24) is 0 Å². The van der Waals surface area contributed by atoms with Crippen LogP contribution in [0.25, 0.3) is 0 Å². The zero-order valence-electron chi connectivity index (χ0n) is 11.5. The van der Waals surface area contributed by atoms with E-state index in [4.69, 9.17) is 5.11 Å². The average molecular weight is 301 g/mol. The van der Waals surface area contributed by atoms with Gasteiger partial charge in [-0.1, -0.05) is 25.7 Å². The maximum atomic E-state index is 12.8. The van der Waals surface area contributed by atoms with Gasteiger partial charge in [-0.2, -0.15) is 13.2 Å². The van der Waals surface area contributed by atoms with Crippen molar-refractivity contribution in [2.45, 2.75) is 50.7 Å². The standard InChI is InChI=1S/C15H18F3NO2/c16-15(17,18)13-8-7-11(9-12(13)14(20)21)19-10-5-3-1-2-4-6-10/h7-10,19H,1-6H2,(H,20,21). The van der Waals surface area contributed by atoms with E-state index in [-0.39, 0.29) is 6.04 Å². The summed E-state index contributed by atoms with van der Waals surface area (Å²) in [6.45, 7) is 0. The molecule has 0 bridgehead atoms. The Morgan fingerprint density at radius 1 is 1.14 bits per heavy atom. The number of hydrogen-bond acceptors (Lipinski definition) is 2. The number of hydrogen-bond donors (Lipinski definition) is 2. The summed E-state index contributed by atoms with van der Waals surface area (Å²) in [7, 11) is 0. The van der Waals surface area contributed by atoms with E-state index in [1.165, 1.54) is 18.9 Å². The number of anilines is 1. The minimum absolute atomic E-state index is 0.200. The van der Waals surface area contributed by atoms with Gasteiger partial charge in [0.1, 0.15) is 0 Å².